The van der Waals surface area contributed by atoms with E-state index < -0.39 is 0 Å². The van der Waals surface area contributed by atoms with Gasteiger partial charge in [0.2, 0.25) is 0 Å². The van der Waals surface area contributed by atoms with Gasteiger partial charge < -0.3 is 15.0 Å². The van der Waals surface area contributed by atoms with E-state index in [2.05, 4.69) is 10.2 Å². The smallest absolute Gasteiger partial charge is 0.317 e. The van der Waals surface area contributed by atoms with Crippen molar-refractivity contribution >= 4 is 6.03 Å². The SMILES string of the molecule is COCCNC(=O)N1CCN(C2CCCCCC2)CC1. The van der Waals surface area contributed by atoms with Gasteiger partial charge in [-0.15, -0.1) is 0 Å². The number of urea groups is 1. The molecule has 0 aromatic heterocycles. The molecule has 2 rings (SSSR count). The third-order valence-electron chi connectivity index (χ3n) is 4.52. The zero-order valence-electron chi connectivity index (χ0n) is 12.8. The lowest BCUT2D eigenvalue weighted by molar-refractivity contribution is 0.0997. The summed E-state index contributed by atoms with van der Waals surface area (Å²) in [6.45, 7) is 4.95. The molecule has 1 heterocycles. The Morgan fingerprint density at radius 3 is 2.35 bits per heavy atom. The van der Waals surface area contributed by atoms with Crippen molar-refractivity contribution in [1.29, 1.82) is 0 Å². The monoisotopic (exact) mass is 283 g/mol. The molecule has 2 amide bonds. The van der Waals surface area contributed by atoms with Crippen LogP contribution in [0.2, 0.25) is 0 Å². The van der Waals surface area contributed by atoms with E-state index in [1.807, 2.05) is 4.90 Å². The molecule has 2 fully saturated rings. The molecule has 1 saturated heterocycles. The number of rotatable bonds is 4. The number of methoxy groups -OCH3 is 1. The first-order valence-electron chi connectivity index (χ1n) is 8.07. The van der Waals surface area contributed by atoms with Crippen molar-refractivity contribution in [3.63, 3.8) is 0 Å². The predicted octanol–water partition coefficient (Wildman–Crippen LogP) is 1.68. The molecule has 20 heavy (non-hydrogen) atoms. The minimum absolute atomic E-state index is 0.0579. The molecule has 0 radical (unpaired) electrons. The van der Waals surface area contributed by atoms with Crippen molar-refractivity contribution in [2.75, 3.05) is 46.4 Å². The second-order valence-corrected chi connectivity index (χ2v) is 5.89. The quantitative estimate of drug-likeness (QED) is 0.631. The average Bonchev–Trinajstić information content (AvgIpc) is 2.77. The van der Waals surface area contributed by atoms with Crippen LogP contribution in [-0.2, 0) is 4.74 Å². The molecule has 0 spiro atoms. The Morgan fingerprint density at radius 1 is 1.10 bits per heavy atom. The molecule has 0 bridgehead atoms. The summed E-state index contributed by atoms with van der Waals surface area (Å²) in [4.78, 5) is 16.5. The number of ether oxygens (including phenoxy) is 1. The molecule has 5 nitrogen and oxygen atoms in total. The second kappa shape index (κ2) is 8.47. The van der Waals surface area contributed by atoms with Gasteiger partial charge in [0.05, 0.1) is 6.61 Å². The number of amides is 2. The number of hydrogen-bond acceptors (Lipinski definition) is 3. The van der Waals surface area contributed by atoms with E-state index >= 15 is 0 Å². The molecule has 116 valence electrons. The molecular weight excluding hydrogens is 254 g/mol. The van der Waals surface area contributed by atoms with Crippen LogP contribution >= 0.6 is 0 Å². The molecule has 0 atom stereocenters. The van der Waals surface area contributed by atoms with Gasteiger partial charge in [-0.3, -0.25) is 4.90 Å². The van der Waals surface area contributed by atoms with Crippen LogP contribution in [0.15, 0.2) is 0 Å². The normalized spacial score (nSPS) is 22.6. The number of nitrogens with zero attached hydrogens (tertiary/aromatic N) is 2. The van der Waals surface area contributed by atoms with E-state index in [0.29, 0.717) is 13.2 Å². The number of nitrogens with one attached hydrogen (secondary N) is 1. The Bertz CT molecular complexity index is 283. The van der Waals surface area contributed by atoms with Crippen LogP contribution in [0.1, 0.15) is 38.5 Å². The third kappa shape index (κ3) is 4.63. The summed E-state index contributed by atoms with van der Waals surface area (Å²) in [5, 5.41) is 2.90. The van der Waals surface area contributed by atoms with E-state index in [-0.39, 0.29) is 6.03 Å². The lowest BCUT2D eigenvalue weighted by Crippen LogP contribution is -2.54. The van der Waals surface area contributed by atoms with E-state index in [1.54, 1.807) is 7.11 Å². The van der Waals surface area contributed by atoms with Gasteiger partial charge in [0.15, 0.2) is 0 Å². The molecule has 1 aliphatic carbocycles. The average molecular weight is 283 g/mol. The summed E-state index contributed by atoms with van der Waals surface area (Å²) < 4.78 is 4.95. The maximum absolute atomic E-state index is 12.0. The van der Waals surface area contributed by atoms with Crippen LogP contribution in [0.4, 0.5) is 4.79 Å². The minimum atomic E-state index is 0.0579. The maximum atomic E-state index is 12.0. The molecular formula is C15H29N3O2. The van der Waals surface area contributed by atoms with Crippen molar-refractivity contribution in [2.24, 2.45) is 0 Å². The van der Waals surface area contributed by atoms with Gasteiger partial charge in [-0.1, -0.05) is 25.7 Å². The van der Waals surface area contributed by atoms with Gasteiger partial charge in [0, 0.05) is 45.9 Å². The molecule has 2 aliphatic rings. The molecule has 1 N–H and O–H groups in total. The number of piperazine rings is 1. The highest BCUT2D eigenvalue weighted by Crippen LogP contribution is 2.22. The lowest BCUT2D eigenvalue weighted by atomic mass is 10.1. The Balaban J connectivity index is 1.69. The maximum Gasteiger partial charge on any atom is 0.317 e. The fourth-order valence-electron chi connectivity index (χ4n) is 3.28. The molecule has 1 aliphatic heterocycles. The Morgan fingerprint density at radius 2 is 1.75 bits per heavy atom. The summed E-state index contributed by atoms with van der Waals surface area (Å²) in [6, 6.07) is 0.818. The van der Waals surface area contributed by atoms with Gasteiger partial charge in [0.25, 0.3) is 0 Å². The van der Waals surface area contributed by atoms with E-state index in [9.17, 15) is 4.79 Å². The fourth-order valence-corrected chi connectivity index (χ4v) is 3.28. The third-order valence-corrected chi connectivity index (χ3v) is 4.52. The van der Waals surface area contributed by atoms with Crippen LogP contribution in [0.25, 0.3) is 0 Å². The Labute approximate surface area is 122 Å². The Hall–Kier alpha value is -0.810. The van der Waals surface area contributed by atoms with Crippen molar-refractivity contribution in [3.05, 3.63) is 0 Å². The number of carbonyl (C=O) groups excluding carboxylic acids is 1. The van der Waals surface area contributed by atoms with Gasteiger partial charge in [-0.25, -0.2) is 4.79 Å². The van der Waals surface area contributed by atoms with Gasteiger partial charge in [-0.05, 0) is 12.8 Å². The molecule has 5 heteroatoms. The Kier molecular flexibility index (Phi) is 6.60. The zero-order chi connectivity index (χ0) is 14.2. The van der Waals surface area contributed by atoms with Gasteiger partial charge in [-0.2, -0.15) is 0 Å². The molecule has 1 saturated carbocycles. The molecule has 0 unspecified atom stereocenters. The summed E-state index contributed by atoms with van der Waals surface area (Å²) in [6.07, 6.45) is 8.25. The highest BCUT2D eigenvalue weighted by Gasteiger charge is 2.26. The topological polar surface area (TPSA) is 44.8 Å². The van der Waals surface area contributed by atoms with Gasteiger partial charge in [0.1, 0.15) is 0 Å². The summed E-state index contributed by atoms with van der Waals surface area (Å²) in [5.74, 6) is 0. The van der Waals surface area contributed by atoms with Crippen molar-refractivity contribution in [3.8, 4) is 0 Å². The minimum Gasteiger partial charge on any atom is -0.383 e. The molecule has 0 aromatic carbocycles. The fraction of sp³-hybridized carbons (Fsp3) is 0.933. The van der Waals surface area contributed by atoms with Crippen LogP contribution in [0.3, 0.4) is 0 Å². The van der Waals surface area contributed by atoms with E-state index in [0.717, 1.165) is 32.2 Å². The predicted molar refractivity (Wildman–Crippen MR) is 79.9 cm³/mol. The standard InChI is InChI=1S/C15H29N3O2/c1-20-13-8-16-15(19)18-11-9-17(10-12-18)14-6-4-2-3-5-7-14/h14H,2-13H2,1H3,(H,16,19). The first kappa shape index (κ1) is 15.6. The van der Waals surface area contributed by atoms with Crippen LogP contribution in [0, 0.1) is 0 Å². The second-order valence-electron chi connectivity index (χ2n) is 5.89. The van der Waals surface area contributed by atoms with Crippen molar-refractivity contribution in [2.45, 2.75) is 44.6 Å². The lowest BCUT2D eigenvalue weighted by Gasteiger charge is -2.39. The number of hydrogen-bond donors (Lipinski definition) is 1. The highest BCUT2D eigenvalue weighted by atomic mass is 16.5. The van der Waals surface area contributed by atoms with Crippen molar-refractivity contribution < 1.29 is 9.53 Å². The first-order valence-corrected chi connectivity index (χ1v) is 8.07. The van der Waals surface area contributed by atoms with Gasteiger partial charge >= 0.3 is 6.03 Å². The van der Waals surface area contributed by atoms with Crippen LogP contribution < -0.4 is 5.32 Å². The van der Waals surface area contributed by atoms with E-state index in [1.165, 1.54) is 38.5 Å². The largest absolute Gasteiger partial charge is 0.383 e. The molecule has 0 aromatic rings. The highest BCUT2D eigenvalue weighted by molar-refractivity contribution is 5.74. The summed E-state index contributed by atoms with van der Waals surface area (Å²) in [7, 11) is 1.65. The van der Waals surface area contributed by atoms with Crippen LogP contribution in [0.5, 0.6) is 0 Å². The van der Waals surface area contributed by atoms with Crippen LogP contribution in [-0.4, -0.2) is 68.3 Å². The first-order chi connectivity index (χ1) is 9.81. The van der Waals surface area contributed by atoms with Crippen molar-refractivity contribution in [1.82, 2.24) is 15.1 Å². The summed E-state index contributed by atoms with van der Waals surface area (Å²) >= 11 is 0. The van der Waals surface area contributed by atoms with E-state index in [4.69, 9.17) is 4.74 Å². The zero-order valence-corrected chi connectivity index (χ0v) is 12.8. The summed E-state index contributed by atoms with van der Waals surface area (Å²) in [5.41, 5.74) is 0. The number of carbonyl (C=O) groups is 1.